The lowest BCUT2D eigenvalue weighted by Gasteiger charge is -2.02. The van der Waals surface area contributed by atoms with E-state index in [0.29, 0.717) is 15.7 Å². The first-order valence-corrected chi connectivity index (χ1v) is 5.27. The number of halogens is 2. The molecule has 4 heteroatoms. The normalized spacial score (nSPS) is 9.81. The van der Waals surface area contributed by atoms with E-state index in [1.807, 2.05) is 12.1 Å². The maximum Gasteiger partial charge on any atom is 0.140 e. The van der Waals surface area contributed by atoms with Crippen LogP contribution in [-0.2, 0) is 0 Å². The van der Waals surface area contributed by atoms with Crippen LogP contribution in [0.4, 0.5) is 0 Å². The predicted octanol–water partition coefficient (Wildman–Crippen LogP) is 3.93. The number of benzene rings is 1. The molecule has 16 heavy (non-hydrogen) atoms. The van der Waals surface area contributed by atoms with Gasteiger partial charge in [0.25, 0.3) is 0 Å². The molecule has 0 radical (unpaired) electrons. The first-order chi connectivity index (χ1) is 7.69. The van der Waals surface area contributed by atoms with Crippen LogP contribution in [0, 0.1) is 11.3 Å². The molecule has 0 aliphatic rings. The number of rotatable bonds is 1. The SMILES string of the molecule is N#Cc1ccc(-c2cc(Cl)cc(Cl)c2)cn1. The number of nitrogens with zero attached hydrogens (tertiary/aromatic N) is 2. The van der Waals surface area contributed by atoms with Gasteiger partial charge >= 0.3 is 0 Å². The second kappa shape index (κ2) is 4.52. The molecule has 2 aromatic rings. The minimum absolute atomic E-state index is 0.386. The maximum atomic E-state index is 8.63. The van der Waals surface area contributed by atoms with E-state index in [-0.39, 0.29) is 0 Å². The Morgan fingerprint density at radius 3 is 2.19 bits per heavy atom. The fourth-order valence-corrected chi connectivity index (χ4v) is 1.88. The van der Waals surface area contributed by atoms with E-state index in [1.54, 1.807) is 30.5 Å². The van der Waals surface area contributed by atoms with Crippen molar-refractivity contribution in [1.29, 1.82) is 5.26 Å². The average Bonchev–Trinajstić information content (AvgIpc) is 2.28. The van der Waals surface area contributed by atoms with E-state index in [9.17, 15) is 0 Å². The molecule has 2 nitrogen and oxygen atoms in total. The lowest BCUT2D eigenvalue weighted by Crippen LogP contribution is -1.84. The quantitative estimate of drug-likeness (QED) is 0.767. The summed E-state index contributed by atoms with van der Waals surface area (Å²) in [5.41, 5.74) is 2.15. The fourth-order valence-electron chi connectivity index (χ4n) is 1.35. The summed E-state index contributed by atoms with van der Waals surface area (Å²) in [5.74, 6) is 0. The fraction of sp³-hybridized carbons (Fsp3) is 0. The van der Waals surface area contributed by atoms with Crippen LogP contribution in [0.25, 0.3) is 11.1 Å². The molecule has 0 aliphatic carbocycles. The van der Waals surface area contributed by atoms with Crippen molar-refractivity contribution in [2.24, 2.45) is 0 Å². The summed E-state index contributed by atoms with van der Waals surface area (Å²) in [6.07, 6.45) is 1.63. The van der Waals surface area contributed by atoms with E-state index >= 15 is 0 Å². The molecular weight excluding hydrogens is 243 g/mol. The number of pyridine rings is 1. The molecule has 2 rings (SSSR count). The van der Waals surface area contributed by atoms with Gasteiger partial charge in [-0.3, -0.25) is 0 Å². The lowest BCUT2D eigenvalue weighted by atomic mass is 10.1. The third-order valence-electron chi connectivity index (χ3n) is 2.07. The van der Waals surface area contributed by atoms with Crippen LogP contribution in [0.5, 0.6) is 0 Å². The molecule has 0 amide bonds. The van der Waals surface area contributed by atoms with Crippen LogP contribution >= 0.6 is 23.2 Å². The highest BCUT2D eigenvalue weighted by Crippen LogP contribution is 2.26. The largest absolute Gasteiger partial charge is 0.245 e. The van der Waals surface area contributed by atoms with Gasteiger partial charge < -0.3 is 0 Å². The second-order valence-corrected chi connectivity index (χ2v) is 4.07. The molecule has 78 valence electrons. The third-order valence-corrected chi connectivity index (χ3v) is 2.51. The van der Waals surface area contributed by atoms with Crippen LogP contribution in [0.3, 0.4) is 0 Å². The Bertz CT molecular complexity index is 536. The van der Waals surface area contributed by atoms with Crippen molar-refractivity contribution >= 4 is 23.2 Å². The van der Waals surface area contributed by atoms with E-state index < -0.39 is 0 Å². The third kappa shape index (κ3) is 2.33. The monoisotopic (exact) mass is 248 g/mol. The van der Waals surface area contributed by atoms with Crippen LogP contribution in [0.2, 0.25) is 10.0 Å². The predicted molar refractivity (Wildman–Crippen MR) is 64.4 cm³/mol. The van der Waals surface area contributed by atoms with Crippen molar-refractivity contribution in [1.82, 2.24) is 4.98 Å². The standard InChI is InChI=1S/C12H6Cl2N2/c13-10-3-9(4-11(14)5-10)8-1-2-12(6-15)16-7-8/h1-5,7H. The van der Waals surface area contributed by atoms with Crippen molar-refractivity contribution in [3.05, 3.63) is 52.3 Å². The highest BCUT2D eigenvalue weighted by Gasteiger charge is 2.02. The first-order valence-electron chi connectivity index (χ1n) is 4.51. The number of nitriles is 1. The van der Waals surface area contributed by atoms with Gasteiger partial charge in [0.15, 0.2) is 0 Å². The number of hydrogen-bond donors (Lipinski definition) is 0. The summed E-state index contributed by atoms with van der Waals surface area (Å²) in [6.45, 7) is 0. The summed E-state index contributed by atoms with van der Waals surface area (Å²) in [7, 11) is 0. The summed E-state index contributed by atoms with van der Waals surface area (Å²) in [5, 5.41) is 9.78. The van der Waals surface area contributed by atoms with Crippen molar-refractivity contribution in [3.63, 3.8) is 0 Å². The zero-order chi connectivity index (χ0) is 11.5. The van der Waals surface area contributed by atoms with E-state index in [1.165, 1.54) is 0 Å². The second-order valence-electron chi connectivity index (χ2n) is 3.20. The first kappa shape index (κ1) is 10.9. The summed E-state index contributed by atoms with van der Waals surface area (Å²) in [6, 6.07) is 10.7. The molecule has 0 saturated heterocycles. The number of hydrogen-bond acceptors (Lipinski definition) is 2. The minimum atomic E-state index is 0.386. The molecule has 0 bridgehead atoms. The molecule has 0 saturated carbocycles. The molecule has 0 N–H and O–H groups in total. The Kier molecular flexibility index (Phi) is 3.09. The van der Waals surface area contributed by atoms with Crippen LogP contribution in [0.1, 0.15) is 5.69 Å². The summed E-state index contributed by atoms with van der Waals surface area (Å²) in [4.78, 5) is 3.99. The minimum Gasteiger partial charge on any atom is -0.245 e. The molecule has 1 heterocycles. The Balaban J connectivity index is 2.47. The average molecular weight is 249 g/mol. The lowest BCUT2D eigenvalue weighted by molar-refractivity contribution is 1.26. The van der Waals surface area contributed by atoms with Crippen molar-refractivity contribution in [2.75, 3.05) is 0 Å². The van der Waals surface area contributed by atoms with Crippen molar-refractivity contribution < 1.29 is 0 Å². The molecular formula is C12H6Cl2N2. The Morgan fingerprint density at radius 2 is 1.69 bits per heavy atom. The van der Waals surface area contributed by atoms with Gasteiger partial charge in [0.1, 0.15) is 11.8 Å². The highest BCUT2D eigenvalue weighted by molar-refractivity contribution is 6.35. The summed E-state index contributed by atoms with van der Waals surface area (Å²) < 4.78 is 0. The zero-order valence-corrected chi connectivity index (χ0v) is 9.63. The molecule has 1 aromatic carbocycles. The smallest absolute Gasteiger partial charge is 0.140 e. The molecule has 0 aliphatic heterocycles. The summed E-state index contributed by atoms with van der Waals surface area (Å²) >= 11 is 11.8. The molecule has 0 spiro atoms. The van der Waals surface area contributed by atoms with Gasteiger partial charge in [-0.15, -0.1) is 0 Å². The Labute approximate surface area is 103 Å². The molecule has 0 atom stereocenters. The molecule has 1 aromatic heterocycles. The van der Waals surface area contributed by atoms with Gasteiger partial charge in [-0.1, -0.05) is 23.2 Å². The van der Waals surface area contributed by atoms with Gasteiger partial charge in [0.05, 0.1) is 0 Å². The van der Waals surface area contributed by atoms with Gasteiger partial charge in [-0.25, -0.2) is 4.98 Å². The van der Waals surface area contributed by atoms with Gasteiger partial charge in [0.2, 0.25) is 0 Å². The molecule has 0 fully saturated rings. The Morgan fingerprint density at radius 1 is 1.00 bits per heavy atom. The van der Waals surface area contributed by atoms with Crippen molar-refractivity contribution in [2.45, 2.75) is 0 Å². The highest BCUT2D eigenvalue weighted by atomic mass is 35.5. The van der Waals surface area contributed by atoms with Crippen LogP contribution < -0.4 is 0 Å². The van der Waals surface area contributed by atoms with Gasteiger partial charge in [-0.05, 0) is 35.9 Å². The van der Waals surface area contributed by atoms with E-state index in [0.717, 1.165) is 11.1 Å². The van der Waals surface area contributed by atoms with Crippen molar-refractivity contribution in [3.8, 4) is 17.2 Å². The van der Waals surface area contributed by atoms with E-state index in [2.05, 4.69) is 4.98 Å². The maximum absolute atomic E-state index is 8.63. The van der Waals surface area contributed by atoms with Crippen LogP contribution in [-0.4, -0.2) is 4.98 Å². The van der Waals surface area contributed by atoms with Gasteiger partial charge in [0, 0.05) is 21.8 Å². The Hall–Kier alpha value is -1.56. The topological polar surface area (TPSA) is 36.7 Å². The zero-order valence-electron chi connectivity index (χ0n) is 8.11. The van der Waals surface area contributed by atoms with E-state index in [4.69, 9.17) is 28.5 Å². The molecule has 0 unspecified atom stereocenters. The number of aromatic nitrogens is 1. The van der Waals surface area contributed by atoms with Gasteiger partial charge in [-0.2, -0.15) is 5.26 Å². The van der Waals surface area contributed by atoms with Crippen LogP contribution in [0.15, 0.2) is 36.5 Å².